The minimum Gasteiger partial charge on any atom is -0.298 e. The SMILES string of the molecule is CC(C(=O)Cc1cc(Br)ccc1F)S(C)(=O)=O. The van der Waals surface area contributed by atoms with Gasteiger partial charge >= 0.3 is 0 Å². The number of carbonyl (C=O) groups excluding carboxylic acids is 1. The van der Waals surface area contributed by atoms with E-state index in [1.54, 1.807) is 0 Å². The highest BCUT2D eigenvalue weighted by Gasteiger charge is 2.24. The summed E-state index contributed by atoms with van der Waals surface area (Å²) in [5.74, 6) is -1.02. The second kappa shape index (κ2) is 5.27. The van der Waals surface area contributed by atoms with Crippen LogP contribution in [0.1, 0.15) is 12.5 Å². The fraction of sp³-hybridized carbons (Fsp3) is 0.364. The maximum atomic E-state index is 13.4. The highest BCUT2D eigenvalue weighted by molar-refractivity contribution is 9.10. The van der Waals surface area contributed by atoms with Crippen molar-refractivity contribution >= 4 is 31.6 Å². The van der Waals surface area contributed by atoms with E-state index in [-0.39, 0.29) is 12.0 Å². The van der Waals surface area contributed by atoms with Crippen molar-refractivity contribution in [1.29, 1.82) is 0 Å². The average Bonchev–Trinajstić information content (AvgIpc) is 2.21. The van der Waals surface area contributed by atoms with E-state index in [1.807, 2.05) is 0 Å². The second-order valence-corrected chi connectivity index (χ2v) is 7.13. The van der Waals surface area contributed by atoms with Crippen molar-refractivity contribution < 1.29 is 17.6 Å². The molecule has 0 aromatic heterocycles. The molecule has 0 radical (unpaired) electrons. The third kappa shape index (κ3) is 3.89. The molecule has 0 N–H and O–H groups in total. The Morgan fingerprint density at radius 3 is 2.59 bits per heavy atom. The minimum absolute atomic E-state index is 0.194. The molecule has 1 unspecified atom stereocenters. The van der Waals surface area contributed by atoms with Crippen molar-refractivity contribution in [3.05, 3.63) is 34.1 Å². The van der Waals surface area contributed by atoms with Gasteiger partial charge in [0.05, 0.1) is 0 Å². The van der Waals surface area contributed by atoms with Gasteiger partial charge < -0.3 is 0 Å². The summed E-state index contributed by atoms with van der Waals surface area (Å²) in [5, 5.41) is -1.11. The third-order valence-electron chi connectivity index (χ3n) is 2.47. The van der Waals surface area contributed by atoms with Crippen molar-refractivity contribution in [2.75, 3.05) is 6.26 Å². The van der Waals surface area contributed by atoms with Gasteiger partial charge in [0.1, 0.15) is 11.1 Å². The molecule has 0 aliphatic carbocycles. The van der Waals surface area contributed by atoms with Crippen LogP contribution in [0.4, 0.5) is 4.39 Å². The Balaban J connectivity index is 2.92. The van der Waals surface area contributed by atoms with Crippen molar-refractivity contribution in [3.63, 3.8) is 0 Å². The van der Waals surface area contributed by atoms with Crippen LogP contribution in [0.3, 0.4) is 0 Å². The molecule has 0 bridgehead atoms. The number of carbonyl (C=O) groups is 1. The quantitative estimate of drug-likeness (QED) is 0.853. The molecule has 94 valence electrons. The largest absolute Gasteiger partial charge is 0.298 e. The van der Waals surface area contributed by atoms with Crippen LogP contribution in [-0.2, 0) is 21.1 Å². The summed E-state index contributed by atoms with van der Waals surface area (Å²) in [5.41, 5.74) is 0.194. The highest BCUT2D eigenvalue weighted by atomic mass is 79.9. The van der Waals surface area contributed by atoms with E-state index in [4.69, 9.17) is 0 Å². The number of sulfone groups is 1. The lowest BCUT2D eigenvalue weighted by atomic mass is 10.1. The first kappa shape index (κ1) is 14.3. The van der Waals surface area contributed by atoms with E-state index < -0.39 is 26.7 Å². The molecule has 0 amide bonds. The van der Waals surface area contributed by atoms with Crippen LogP contribution in [0.2, 0.25) is 0 Å². The topological polar surface area (TPSA) is 51.2 Å². The van der Waals surface area contributed by atoms with E-state index >= 15 is 0 Å². The van der Waals surface area contributed by atoms with Crippen molar-refractivity contribution in [3.8, 4) is 0 Å². The van der Waals surface area contributed by atoms with Gasteiger partial charge in [-0.15, -0.1) is 0 Å². The Hall–Kier alpha value is -0.750. The van der Waals surface area contributed by atoms with E-state index in [1.165, 1.54) is 25.1 Å². The van der Waals surface area contributed by atoms with Gasteiger partial charge in [-0.3, -0.25) is 4.79 Å². The number of Topliss-reactive ketones (excluding diaryl/α,β-unsaturated/α-hetero) is 1. The maximum absolute atomic E-state index is 13.4. The zero-order chi connectivity index (χ0) is 13.2. The Bertz CT molecular complexity index is 540. The van der Waals surface area contributed by atoms with Gasteiger partial charge in [0, 0.05) is 17.1 Å². The predicted octanol–water partition coefficient (Wildman–Crippen LogP) is 2.13. The summed E-state index contributed by atoms with van der Waals surface area (Å²) in [6.45, 7) is 1.31. The van der Waals surface area contributed by atoms with Crippen molar-refractivity contribution in [2.24, 2.45) is 0 Å². The van der Waals surface area contributed by atoms with E-state index in [0.29, 0.717) is 4.47 Å². The summed E-state index contributed by atoms with van der Waals surface area (Å²) in [4.78, 5) is 11.7. The Kier molecular flexibility index (Phi) is 4.43. The molecule has 1 aromatic rings. The molecular weight excluding hydrogens is 311 g/mol. The van der Waals surface area contributed by atoms with Crippen molar-refractivity contribution in [2.45, 2.75) is 18.6 Å². The molecule has 0 saturated heterocycles. The molecule has 0 aliphatic rings. The van der Waals surface area contributed by atoms with Gasteiger partial charge in [0.2, 0.25) is 0 Å². The molecule has 1 atom stereocenters. The molecule has 0 saturated carbocycles. The zero-order valence-corrected chi connectivity index (χ0v) is 11.8. The van der Waals surface area contributed by atoms with Crippen molar-refractivity contribution in [1.82, 2.24) is 0 Å². The standard InChI is InChI=1S/C11H12BrFO3S/c1-7(17(2,15)16)11(14)6-8-5-9(12)3-4-10(8)13/h3-5,7H,6H2,1-2H3. The minimum atomic E-state index is -3.43. The van der Waals surface area contributed by atoms with Gasteiger partial charge in [0.15, 0.2) is 15.6 Å². The molecule has 6 heteroatoms. The Morgan fingerprint density at radius 1 is 1.47 bits per heavy atom. The predicted molar refractivity (Wildman–Crippen MR) is 67.1 cm³/mol. The first-order valence-electron chi connectivity index (χ1n) is 4.87. The maximum Gasteiger partial charge on any atom is 0.157 e. The normalized spacial score (nSPS) is 13.4. The summed E-state index contributed by atoms with van der Waals surface area (Å²) < 4.78 is 36.4. The molecular formula is C11H12BrFO3S. The number of ketones is 1. The lowest BCUT2D eigenvalue weighted by molar-refractivity contribution is -0.117. The second-order valence-electron chi connectivity index (χ2n) is 3.85. The number of hydrogen-bond donors (Lipinski definition) is 0. The molecule has 0 fully saturated rings. The number of hydrogen-bond acceptors (Lipinski definition) is 3. The molecule has 0 aliphatic heterocycles. The third-order valence-corrected chi connectivity index (χ3v) is 4.51. The van der Waals surface area contributed by atoms with Crippen LogP contribution >= 0.6 is 15.9 Å². The molecule has 3 nitrogen and oxygen atoms in total. The van der Waals surface area contributed by atoms with Crippen LogP contribution < -0.4 is 0 Å². The molecule has 0 heterocycles. The fourth-order valence-electron chi connectivity index (χ4n) is 1.25. The van der Waals surface area contributed by atoms with Gasteiger partial charge in [0.25, 0.3) is 0 Å². The van der Waals surface area contributed by atoms with E-state index in [9.17, 15) is 17.6 Å². The van der Waals surface area contributed by atoms with E-state index in [0.717, 1.165) is 6.26 Å². The van der Waals surface area contributed by atoms with Gasteiger partial charge in [-0.1, -0.05) is 15.9 Å². The summed E-state index contributed by atoms with van der Waals surface area (Å²) in [6.07, 6.45) is 0.770. The molecule has 17 heavy (non-hydrogen) atoms. The van der Waals surface area contributed by atoms with E-state index in [2.05, 4.69) is 15.9 Å². The van der Waals surface area contributed by atoms with Crippen LogP contribution in [-0.4, -0.2) is 25.7 Å². The molecule has 1 rings (SSSR count). The highest BCUT2D eigenvalue weighted by Crippen LogP contribution is 2.17. The van der Waals surface area contributed by atoms with Gasteiger partial charge in [-0.05, 0) is 30.7 Å². The number of benzene rings is 1. The lowest BCUT2D eigenvalue weighted by Crippen LogP contribution is -2.27. The van der Waals surface area contributed by atoms with Gasteiger partial charge in [-0.25, -0.2) is 12.8 Å². The van der Waals surface area contributed by atoms with Gasteiger partial charge in [-0.2, -0.15) is 0 Å². The lowest BCUT2D eigenvalue weighted by Gasteiger charge is -2.09. The molecule has 0 spiro atoms. The number of rotatable bonds is 4. The van der Waals surface area contributed by atoms with Crippen LogP contribution in [0.15, 0.2) is 22.7 Å². The fourth-order valence-corrected chi connectivity index (χ4v) is 2.22. The summed E-state index contributed by atoms with van der Waals surface area (Å²) >= 11 is 3.17. The molecule has 1 aromatic carbocycles. The number of halogens is 2. The Morgan fingerprint density at radius 2 is 2.06 bits per heavy atom. The Labute approximate surface area is 108 Å². The summed E-state index contributed by atoms with van der Waals surface area (Å²) in [7, 11) is -3.43. The average molecular weight is 323 g/mol. The smallest absolute Gasteiger partial charge is 0.157 e. The monoisotopic (exact) mass is 322 g/mol. The first-order chi connectivity index (χ1) is 7.71. The zero-order valence-electron chi connectivity index (χ0n) is 9.41. The van der Waals surface area contributed by atoms with Crippen LogP contribution in [0, 0.1) is 5.82 Å². The first-order valence-corrected chi connectivity index (χ1v) is 7.62. The van der Waals surface area contributed by atoms with Crippen LogP contribution in [0.25, 0.3) is 0 Å². The van der Waals surface area contributed by atoms with Crippen LogP contribution in [0.5, 0.6) is 0 Å². The summed E-state index contributed by atoms with van der Waals surface area (Å²) in [6, 6.07) is 4.23.